The second-order valence-electron chi connectivity index (χ2n) is 8.21. The van der Waals surface area contributed by atoms with Gasteiger partial charge in [0.25, 0.3) is 0 Å². The molecule has 0 saturated heterocycles. The van der Waals surface area contributed by atoms with Crippen LogP contribution in [0.15, 0.2) is 93.9 Å². The van der Waals surface area contributed by atoms with Gasteiger partial charge >= 0.3 is 12.1 Å². The van der Waals surface area contributed by atoms with Crippen LogP contribution in [0.2, 0.25) is 5.02 Å². The van der Waals surface area contributed by atoms with Crippen molar-refractivity contribution in [2.45, 2.75) is 13.3 Å². The first kappa shape index (κ1) is 26.7. The fourth-order valence-electron chi connectivity index (χ4n) is 3.70. The first-order chi connectivity index (χ1) is 17.8. The zero-order valence-corrected chi connectivity index (χ0v) is 23.7. The molecule has 0 heterocycles. The molecule has 0 spiro atoms. The summed E-state index contributed by atoms with van der Waals surface area (Å²) in [5, 5.41) is 12.1. The van der Waals surface area contributed by atoms with Crippen LogP contribution in [-0.2, 0) is 6.42 Å². The second-order valence-corrected chi connectivity index (χ2v) is 10.5. The Morgan fingerprint density at radius 3 is 1.78 bits per heavy atom. The van der Waals surface area contributed by atoms with Gasteiger partial charge in [0.2, 0.25) is 0 Å². The molecule has 4 N–H and O–H groups in total. The molecule has 9 heteroatoms. The maximum atomic E-state index is 12.9. The highest BCUT2D eigenvalue weighted by atomic mass is 79.9. The summed E-state index contributed by atoms with van der Waals surface area (Å²) in [5.41, 5.74) is 4.95. The van der Waals surface area contributed by atoms with Crippen LogP contribution >= 0.6 is 43.5 Å². The van der Waals surface area contributed by atoms with E-state index >= 15 is 0 Å². The third kappa shape index (κ3) is 7.35. The van der Waals surface area contributed by atoms with Gasteiger partial charge in [-0.05, 0) is 84.3 Å². The summed E-state index contributed by atoms with van der Waals surface area (Å²) in [6, 6.07) is 25.0. The maximum absolute atomic E-state index is 12.9. The van der Waals surface area contributed by atoms with Gasteiger partial charge < -0.3 is 21.3 Å². The lowest BCUT2D eigenvalue weighted by atomic mass is 9.99. The van der Waals surface area contributed by atoms with Crippen molar-refractivity contribution < 1.29 is 9.59 Å². The zero-order valence-electron chi connectivity index (χ0n) is 19.7. The Hall–Kier alpha value is -3.33. The number of carbonyl (C=O) groups is 2. The lowest BCUT2D eigenvalue weighted by Crippen LogP contribution is -2.23. The number of rotatable bonds is 6. The summed E-state index contributed by atoms with van der Waals surface area (Å²) in [6.45, 7) is 1.85. The van der Waals surface area contributed by atoms with Gasteiger partial charge in [0.15, 0.2) is 0 Å². The van der Waals surface area contributed by atoms with Crippen molar-refractivity contribution in [2.24, 2.45) is 0 Å². The van der Waals surface area contributed by atoms with E-state index in [1.807, 2.05) is 67.6 Å². The van der Waals surface area contributed by atoms with Gasteiger partial charge in [-0.2, -0.15) is 0 Å². The molecular formula is C28H23Br2ClN4O2. The molecular weight excluding hydrogens is 620 g/mol. The SMILES string of the molecule is Cc1c(NC(=O)Nc2ccc(Br)cc2)ccc(Cc2ccccc2Cl)c1NC(=O)Nc1ccc(Br)cc1. The molecule has 188 valence electrons. The van der Waals surface area contributed by atoms with Crippen LogP contribution in [0, 0.1) is 6.92 Å². The van der Waals surface area contributed by atoms with Gasteiger partial charge in [0, 0.05) is 37.5 Å². The minimum atomic E-state index is -0.401. The quantitative estimate of drug-likeness (QED) is 0.169. The van der Waals surface area contributed by atoms with E-state index in [9.17, 15) is 9.59 Å². The van der Waals surface area contributed by atoms with Crippen LogP contribution < -0.4 is 21.3 Å². The van der Waals surface area contributed by atoms with Crippen LogP contribution in [-0.4, -0.2) is 12.1 Å². The van der Waals surface area contributed by atoms with E-state index in [4.69, 9.17) is 11.6 Å². The molecule has 0 aromatic heterocycles. The minimum Gasteiger partial charge on any atom is -0.308 e. The molecule has 6 nitrogen and oxygen atoms in total. The van der Waals surface area contributed by atoms with Crippen LogP contribution in [0.4, 0.5) is 32.3 Å². The third-order valence-corrected chi connectivity index (χ3v) is 7.01. The van der Waals surface area contributed by atoms with Crippen molar-refractivity contribution >= 4 is 78.3 Å². The van der Waals surface area contributed by atoms with E-state index in [0.29, 0.717) is 39.8 Å². The van der Waals surface area contributed by atoms with E-state index in [0.717, 1.165) is 20.1 Å². The van der Waals surface area contributed by atoms with Crippen LogP contribution in [0.25, 0.3) is 0 Å². The fourth-order valence-corrected chi connectivity index (χ4v) is 4.43. The smallest absolute Gasteiger partial charge is 0.308 e. The van der Waals surface area contributed by atoms with Crippen molar-refractivity contribution in [3.63, 3.8) is 0 Å². The molecule has 0 fully saturated rings. The molecule has 0 radical (unpaired) electrons. The fraction of sp³-hybridized carbons (Fsp3) is 0.0714. The highest BCUT2D eigenvalue weighted by Crippen LogP contribution is 2.31. The molecule has 0 atom stereocenters. The lowest BCUT2D eigenvalue weighted by molar-refractivity contribution is 0.261. The van der Waals surface area contributed by atoms with Gasteiger partial charge in [0.1, 0.15) is 0 Å². The van der Waals surface area contributed by atoms with E-state index < -0.39 is 12.1 Å². The first-order valence-electron chi connectivity index (χ1n) is 11.3. The van der Waals surface area contributed by atoms with Gasteiger partial charge in [0.05, 0.1) is 5.69 Å². The van der Waals surface area contributed by atoms with Crippen LogP contribution in [0.1, 0.15) is 16.7 Å². The number of amides is 4. The van der Waals surface area contributed by atoms with Crippen molar-refractivity contribution in [3.8, 4) is 0 Å². The topological polar surface area (TPSA) is 82.3 Å². The lowest BCUT2D eigenvalue weighted by Gasteiger charge is -2.19. The summed E-state index contributed by atoms with van der Waals surface area (Å²) in [4.78, 5) is 25.6. The number of nitrogens with one attached hydrogen (secondary N) is 4. The minimum absolute atomic E-state index is 0.394. The third-order valence-electron chi connectivity index (χ3n) is 5.58. The molecule has 0 aliphatic heterocycles. The molecule has 0 aliphatic rings. The van der Waals surface area contributed by atoms with Crippen molar-refractivity contribution in [3.05, 3.63) is 116 Å². The summed E-state index contributed by atoms with van der Waals surface area (Å²) < 4.78 is 1.83. The molecule has 4 amide bonds. The van der Waals surface area contributed by atoms with Crippen molar-refractivity contribution in [1.82, 2.24) is 0 Å². The Kier molecular flexibility index (Phi) is 8.87. The molecule has 0 saturated carbocycles. The normalized spacial score (nSPS) is 10.5. The van der Waals surface area contributed by atoms with E-state index in [1.54, 1.807) is 24.3 Å². The maximum Gasteiger partial charge on any atom is 0.323 e. The molecule has 4 aromatic carbocycles. The Balaban J connectivity index is 1.59. The van der Waals surface area contributed by atoms with Gasteiger partial charge in [-0.1, -0.05) is 67.7 Å². The Morgan fingerprint density at radius 2 is 1.22 bits per heavy atom. The van der Waals surface area contributed by atoms with E-state index in [-0.39, 0.29) is 0 Å². The molecule has 4 aromatic rings. The average molecular weight is 643 g/mol. The predicted molar refractivity (Wildman–Crippen MR) is 159 cm³/mol. The summed E-state index contributed by atoms with van der Waals surface area (Å²) >= 11 is 13.2. The molecule has 37 heavy (non-hydrogen) atoms. The predicted octanol–water partition coefficient (Wildman–Crippen LogP) is 9.05. The van der Waals surface area contributed by atoms with E-state index in [1.165, 1.54) is 0 Å². The number of carbonyl (C=O) groups excluding carboxylic acids is 2. The Labute approximate surface area is 237 Å². The number of anilines is 4. The number of benzene rings is 4. The molecule has 0 bridgehead atoms. The van der Waals surface area contributed by atoms with Gasteiger partial charge in [-0.3, -0.25) is 0 Å². The number of hydrogen-bond acceptors (Lipinski definition) is 2. The largest absolute Gasteiger partial charge is 0.323 e. The van der Waals surface area contributed by atoms with Gasteiger partial charge in [-0.25, -0.2) is 9.59 Å². The van der Waals surface area contributed by atoms with Crippen molar-refractivity contribution in [2.75, 3.05) is 21.3 Å². The number of urea groups is 2. The average Bonchev–Trinajstić information content (AvgIpc) is 2.87. The highest BCUT2D eigenvalue weighted by Gasteiger charge is 2.16. The Morgan fingerprint density at radius 1 is 0.676 bits per heavy atom. The standard InChI is InChI=1S/C28H23Br2ClN4O2/c1-17-25(34-27(36)32-22-11-7-20(29)8-12-22)15-6-19(16-18-4-2-3-5-24(18)31)26(17)35-28(37)33-23-13-9-21(30)10-14-23/h2-15H,16H2,1H3,(H2,32,34,36)(H2,33,35,37). The van der Waals surface area contributed by atoms with Crippen molar-refractivity contribution in [1.29, 1.82) is 0 Å². The highest BCUT2D eigenvalue weighted by molar-refractivity contribution is 9.10. The molecule has 0 aliphatic carbocycles. The van der Waals surface area contributed by atoms with Gasteiger partial charge in [-0.15, -0.1) is 0 Å². The van der Waals surface area contributed by atoms with Crippen LogP contribution in [0.5, 0.6) is 0 Å². The summed E-state index contributed by atoms with van der Waals surface area (Å²) in [6.07, 6.45) is 0.500. The first-order valence-corrected chi connectivity index (χ1v) is 13.3. The number of halogens is 3. The zero-order chi connectivity index (χ0) is 26.4. The molecule has 4 rings (SSSR count). The summed E-state index contributed by atoms with van der Waals surface area (Å²) in [7, 11) is 0. The second kappa shape index (κ2) is 12.3. The van der Waals surface area contributed by atoms with Crippen LogP contribution in [0.3, 0.4) is 0 Å². The Bertz CT molecular complexity index is 1430. The van der Waals surface area contributed by atoms with E-state index in [2.05, 4.69) is 53.1 Å². The molecule has 0 unspecified atom stereocenters. The number of hydrogen-bond donors (Lipinski definition) is 4. The monoisotopic (exact) mass is 640 g/mol. The summed E-state index contributed by atoms with van der Waals surface area (Å²) in [5.74, 6) is 0.